The highest BCUT2D eigenvalue weighted by molar-refractivity contribution is 6.30. The van der Waals surface area contributed by atoms with Crippen LogP contribution in [-0.2, 0) is 4.79 Å². The summed E-state index contributed by atoms with van der Waals surface area (Å²) in [6.45, 7) is 1.96. The zero-order valence-electron chi connectivity index (χ0n) is 10.3. The van der Waals surface area contributed by atoms with Gasteiger partial charge >= 0.3 is 5.97 Å². The largest absolute Gasteiger partial charge is 0.417 e. The molecule has 0 bridgehead atoms. The highest BCUT2D eigenvalue weighted by Crippen LogP contribution is 2.11. The summed E-state index contributed by atoms with van der Waals surface area (Å²) in [5.74, 6) is 5.05. The van der Waals surface area contributed by atoms with Crippen LogP contribution in [0.15, 0.2) is 48.5 Å². The van der Waals surface area contributed by atoms with E-state index in [2.05, 4.69) is 11.8 Å². The molecule has 0 heterocycles. The molecule has 0 aliphatic rings. The Hall–Kier alpha value is -2.24. The van der Waals surface area contributed by atoms with E-state index >= 15 is 0 Å². The van der Waals surface area contributed by atoms with Crippen molar-refractivity contribution in [1.82, 2.24) is 0 Å². The standard InChI is InChI=1S/C16H11ClO2/c1-12-2-9-15(10-3-12)19-16(18)11-6-13-4-7-14(17)8-5-13/h2-5,7-10H,1H3. The predicted octanol–water partition coefficient (Wildman–Crippen LogP) is 3.61. The van der Waals surface area contributed by atoms with Gasteiger partial charge in [0.05, 0.1) is 0 Å². The topological polar surface area (TPSA) is 26.3 Å². The Morgan fingerprint density at radius 3 is 2.32 bits per heavy atom. The van der Waals surface area contributed by atoms with Crippen molar-refractivity contribution in [2.75, 3.05) is 0 Å². The third-order valence-electron chi connectivity index (χ3n) is 2.38. The number of hydrogen-bond donors (Lipinski definition) is 0. The molecule has 0 fully saturated rings. The summed E-state index contributed by atoms with van der Waals surface area (Å²) in [4.78, 5) is 11.5. The first-order valence-electron chi connectivity index (χ1n) is 5.69. The molecule has 19 heavy (non-hydrogen) atoms. The number of carbonyl (C=O) groups is 1. The molecule has 0 aliphatic heterocycles. The fraction of sp³-hybridized carbons (Fsp3) is 0.0625. The van der Waals surface area contributed by atoms with Crippen molar-refractivity contribution in [2.24, 2.45) is 0 Å². The van der Waals surface area contributed by atoms with E-state index in [1.165, 1.54) is 0 Å². The Labute approximate surface area is 117 Å². The second kappa shape index (κ2) is 6.08. The smallest absolute Gasteiger partial charge is 0.390 e. The van der Waals surface area contributed by atoms with Crippen molar-refractivity contribution >= 4 is 17.6 Å². The summed E-state index contributed by atoms with van der Waals surface area (Å²) in [6.07, 6.45) is 0. The number of benzene rings is 2. The normalized spacial score (nSPS) is 9.37. The van der Waals surface area contributed by atoms with Gasteiger partial charge in [0, 0.05) is 16.5 Å². The quantitative estimate of drug-likeness (QED) is 0.450. The van der Waals surface area contributed by atoms with Crippen LogP contribution in [0.2, 0.25) is 5.02 Å². The lowest BCUT2D eigenvalue weighted by Crippen LogP contribution is -2.04. The van der Waals surface area contributed by atoms with Crippen LogP contribution >= 0.6 is 11.6 Å². The summed E-state index contributed by atoms with van der Waals surface area (Å²) < 4.78 is 5.08. The first-order chi connectivity index (χ1) is 9.13. The second-order valence-electron chi connectivity index (χ2n) is 3.96. The van der Waals surface area contributed by atoms with Crippen molar-refractivity contribution in [3.05, 3.63) is 64.7 Å². The molecular formula is C16H11ClO2. The average molecular weight is 271 g/mol. The summed E-state index contributed by atoms with van der Waals surface area (Å²) >= 11 is 5.75. The molecule has 3 heteroatoms. The van der Waals surface area contributed by atoms with E-state index in [0.717, 1.165) is 5.56 Å². The maximum absolute atomic E-state index is 11.5. The van der Waals surface area contributed by atoms with Crippen molar-refractivity contribution < 1.29 is 9.53 Å². The molecule has 0 saturated heterocycles. The monoisotopic (exact) mass is 270 g/mol. The Kier molecular flexibility index (Phi) is 4.22. The summed E-state index contributed by atoms with van der Waals surface area (Å²) in [5, 5.41) is 0.632. The Morgan fingerprint density at radius 1 is 1.05 bits per heavy atom. The van der Waals surface area contributed by atoms with E-state index in [9.17, 15) is 4.79 Å². The summed E-state index contributed by atoms with van der Waals surface area (Å²) in [5.41, 5.74) is 1.82. The lowest BCUT2D eigenvalue weighted by atomic mass is 10.2. The van der Waals surface area contributed by atoms with Gasteiger partial charge in [-0.3, -0.25) is 0 Å². The lowest BCUT2D eigenvalue weighted by Gasteiger charge is -1.99. The third kappa shape index (κ3) is 4.17. The minimum Gasteiger partial charge on any atom is -0.417 e. The van der Waals surface area contributed by atoms with Gasteiger partial charge in [-0.05, 0) is 43.3 Å². The molecule has 2 nitrogen and oxygen atoms in total. The number of hydrogen-bond acceptors (Lipinski definition) is 2. The number of esters is 1. The molecule has 0 spiro atoms. The molecule has 2 aromatic rings. The molecule has 0 unspecified atom stereocenters. The van der Waals surface area contributed by atoms with Crippen LogP contribution in [0.3, 0.4) is 0 Å². The third-order valence-corrected chi connectivity index (χ3v) is 2.64. The molecule has 2 aromatic carbocycles. The van der Waals surface area contributed by atoms with E-state index in [1.54, 1.807) is 36.4 Å². The van der Waals surface area contributed by atoms with Gasteiger partial charge in [-0.2, -0.15) is 0 Å². The second-order valence-corrected chi connectivity index (χ2v) is 4.40. The fourth-order valence-corrected chi connectivity index (χ4v) is 1.52. The summed E-state index contributed by atoms with van der Waals surface area (Å²) in [6, 6.07) is 14.1. The Balaban J connectivity index is 2.02. The fourth-order valence-electron chi connectivity index (χ4n) is 1.40. The molecule has 94 valence electrons. The van der Waals surface area contributed by atoms with Crippen LogP contribution in [-0.4, -0.2) is 5.97 Å². The van der Waals surface area contributed by atoms with Gasteiger partial charge in [0.15, 0.2) is 0 Å². The molecular weight excluding hydrogens is 260 g/mol. The molecule has 0 amide bonds. The molecule has 0 saturated carbocycles. The number of carbonyl (C=O) groups excluding carboxylic acids is 1. The minimum absolute atomic E-state index is 0.487. The zero-order chi connectivity index (χ0) is 13.7. The van der Waals surface area contributed by atoms with Crippen LogP contribution in [0.4, 0.5) is 0 Å². The van der Waals surface area contributed by atoms with Gasteiger partial charge in [0.1, 0.15) is 5.75 Å². The molecule has 0 aliphatic carbocycles. The molecule has 2 rings (SSSR count). The van der Waals surface area contributed by atoms with Crippen LogP contribution < -0.4 is 4.74 Å². The first-order valence-corrected chi connectivity index (χ1v) is 6.07. The lowest BCUT2D eigenvalue weighted by molar-refractivity contribution is -0.128. The minimum atomic E-state index is -0.584. The maximum atomic E-state index is 11.5. The van der Waals surface area contributed by atoms with E-state index < -0.39 is 5.97 Å². The van der Waals surface area contributed by atoms with Gasteiger partial charge in [0.25, 0.3) is 0 Å². The van der Waals surface area contributed by atoms with Crippen molar-refractivity contribution in [1.29, 1.82) is 0 Å². The molecule has 0 aromatic heterocycles. The van der Waals surface area contributed by atoms with Crippen molar-refractivity contribution in [2.45, 2.75) is 6.92 Å². The van der Waals surface area contributed by atoms with Gasteiger partial charge in [-0.15, -0.1) is 0 Å². The van der Waals surface area contributed by atoms with Gasteiger partial charge in [0.2, 0.25) is 0 Å². The number of ether oxygens (including phenoxy) is 1. The van der Waals surface area contributed by atoms with Gasteiger partial charge < -0.3 is 4.74 Å². The predicted molar refractivity (Wildman–Crippen MR) is 75.1 cm³/mol. The zero-order valence-corrected chi connectivity index (χ0v) is 11.1. The van der Waals surface area contributed by atoms with E-state index in [0.29, 0.717) is 16.3 Å². The highest BCUT2D eigenvalue weighted by atomic mass is 35.5. The van der Waals surface area contributed by atoms with E-state index in [1.807, 2.05) is 19.1 Å². The van der Waals surface area contributed by atoms with E-state index in [4.69, 9.17) is 16.3 Å². The molecule has 0 radical (unpaired) electrons. The van der Waals surface area contributed by atoms with Crippen LogP contribution in [0.1, 0.15) is 11.1 Å². The Bertz CT molecular complexity index is 631. The van der Waals surface area contributed by atoms with Crippen LogP contribution in [0, 0.1) is 18.8 Å². The molecule has 0 N–H and O–H groups in total. The van der Waals surface area contributed by atoms with Crippen LogP contribution in [0.25, 0.3) is 0 Å². The van der Waals surface area contributed by atoms with E-state index in [-0.39, 0.29) is 0 Å². The highest BCUT2D eigenvalue weighted by Gasteiger charge is 1.99. The average Bonchev–Trinajstić information content (AvgIpc) is 2.41. The Morgan fingerprint density at radius 2 is 1.68 bits per heavy atom. The van der Waals surface area contributed by atoms with Gasteiger partial charge in [-0.25, -0.2) is 4.79 Å². The number of halogens is 1. The number of rotatable bonds is 1. The van der Waals surface area contributed by atoms with Crippen molar-refractivity contribution in [3.63, 3.8) is 0 Å². The summed E-state index contributed by atoms with van der Waals surface area (Å²) in [7, 11) is 0. The maximum Gasteiger partial charge on any atom is 0.390 e. The first kappa shape index (κ1) is 13.2. The van der Waals surface area contributed by atoms with Crippen LogP contribution in [0.5, 0.6) is 5.75 Å². The molecule has 0 atom stereocenters. The van der Waals surface area contributed by atoms with Crippen molar-refractivity contribution in [3.8, 4) is 17.6 Å². The number of aryl methyl sites for hydroxylation is 1. The SMILES string of the molecule is Cc1ccc(OC(=O)C#Cc2ccc(Cl)cc2)cc1. The van der Waals surface area contributed by atoms with Gasteiger partial charge in [-0.1, -0.05) is 35.2 Å².